The van der Waals surface area contributed by atoms with Crippen molar-refractivity contribution in [1.82, 2.24) is 4.37 Å². The number of aromatic nitrogens is 1. The Morgan fingerprint density at radius 2 is 2.04 bits per heavy atom. The van der Waals surface area contributed by atoms with E-state index in [0.717, 1.165) is 27.4 Å². The van der Waals surface area contributed by atoms with Crippen molar-refractivity contribution in [2.24, 2.45) is 0 Å². The Morgan fingerprint density at radius 1 is 1.24 bits per heavy atom. The van der Waals surface area contributed by atoms with Gasteiger partial charge in [-0.15, -0.1) is 0 Å². The van der Waals surface area contributed by atoms with E-state index < -0.39 is 0 Å². The minimum atomic E-state index is -0.129. The fraction of sp³-hybridized carbons (Fsp3) is 0.158. The summed E-state index contributed by atoms with van der Waals surface area (Å²) in [6.07, 6.45) is 0.329. The van der Waals surface area contributed by atoms with Crippen LogP contribution in [0, 0.1) is 0 Å². The summed E-state index contributed by atoms with van der Waals surface area (Å²) in [4.78, 5) is 13.3. The number of anilines is 1. The van der Waals surface area contributed by atoms with Crippen LogP contribution >= 0.6 is 11.5 Å². The Morgan fingerprint density at radius 3 is 2.76 bits per heavy atom. The summed E-state index contributed by atoms with van der Waals surface area (Å²) in [5, 5.41) is 13.0. The van der Waals surface area contributed by atoms with Crippen LogP contribution in [0.5, 0.6) is 11.5 Å². The number of amides is 1. The van der Waals surface area contributed by atoms with E-state index in [2.05, 4.69) is 9.69 Å². The van der Waals surface area contributed by atoms with Gasteiger partial charge in [-0.2, -0.15) is 4.37 Å². The maximum absolute atomic E-state index is 12.3. The van der Waals surface area contributed by atoms with Crippen molar-refractivity contribution in [2.75, 3.05) is 12.4 Å². The first-order valence-corrected chi connectivity index (χ1v) is 8.66. The molecular weight excluding hydrogens is 336 g/mol. The van der Waals surface area contributed by atoms with Gasteiger partial charge in [0.15, 0.2) is 11.5 Å². The molecule has 1 aliphatic heterocycles. The number of benzene rings is 2. The Bertz CT molecular complexity index is 937. The minimum absolute atomic E-state index is 0.0508. The van der Waals surface area contributed by atoms with Crippen LogP contribution in [0.15, 0.2) is 48.5 Å². The topological polar surface area (TPSA) is 71.5 Å². The molecule has 1 unspecified atom stereocenters. The van der Waals surface area contributed by atoms with Crippen molar-refractivity contribution in [3.05, 3.63) is 59.0 Å². The third-order valence-corrected chi connectivity index (χ3v) is 5.30. The lowest BCUT2D eigenvalue weighted by molar-refractivity contribution is -0.116. The molecule has 1 atom stereocenters. The number of nitrogens with one attached hydrogen (secondary N) is 1. The molecule has 0 bridgehead atoms. The molecule has 4 rings (SSSR count). The Labute approximate surface area is 149 Å². The van der Waals surface area contributed by atoms with Gasteiger partial charge in [0.1, 0.15) is 5.69 Å². The van der Waals surface area contributed by atoms with Gasteiger partial charge >= 0.3 is 0 Å². The first-order valence-electron chi connectivity index (χ1n) is 7.89. The summed E-state index contributed by atoms with van der Waals surface area (Å²) in [6, 6.07) is 15.1. The molecule has 126 valence electrons. The van der Waals surface area contributed by atoms with Gasteiger partial charge in [-0.1, -0.05) is 36.4 Å². The normalized spacial score (nSPS) is 16.2. The third-order valence-electron chi connectivity index (χ3n) is 4.34. The number of aromatic hydroxyl groups is 1. The predicted molar refractivity (Wildman–Crippen MR) is 97.3 cm³/mol. The molecule has 5 nitrogen and oxygen atoms in total. The highest BCUT2D eigenvalue weighted by Crippen LogP contribution is 2.45. The summed E-state index contributed by atoms with van der Waals surface area (Å²) < 4.78 is 9.67. The average molecular weight is 352 g/mol. The van der Waals surface area contributed by atoms with Gasteiger partial charge in [-0.3, -0.25) is 4.79 Å². The molecule has 2 aromatic carbocycles. The van der Waals surface area contributed by atoms with Gasteiger partial charge in [0.25, 0.3) is 0 Å². The maximum Gasteiger partial charge on any atom is 0.225 e. The highest BCUT2D eigenvalue weighted by atomic mass is 32.1. The van der Waals surface area contributed by atoms with Crippen LogP contribution in [0.2, 0.25) is 0 Å². The monoisotopic (exact) mass is 352 g/mol. The van der Waals surface area contributed by atoms with E-state index in [1.165, 1.54) is 18.6 Å². The predicted octanol–water partition coefficient (Wildman–Crippen LogP) is 4.00. The van der Waals surface area contributed by atoms with E-state index in [-0.39, 0.29) is 17.6 Å². The van der Waals surface area contributed by atoms with E-state index in [1.807, 2.05) is 36.4 Å². The smallest absolute Gasteiger partial charge is 0.225 e. The molecule has 1 amide bonds. The number of ether oxygens (including phenoxy) is 1. The quantitative estimate of drug-likeness (QED) is 0.747. The van der Waals surface area contributed by atoms with Gasteiger partial charge in [0, 0.05) is 17.9 Å². The lowest BCUT2D eigenvalue weighted by Crippen LogP contribution is -2.22. The average Bonchev–Trinajstić information content (AvgIpc) is 3.05. The van der Waals surface area contributed by atoms with Crippen LogP contribution in [-0.2, 0) is 4.79 Å². The molecule has 1 aromatic heterocycles. The first kappa shape index (κ1) is 15.7. The van der Waals surface area contributed by atoms with E-state index in [4.69, 9.17) is 4.74 Å². The van der Waals surface area contributed by atoms with Crippen molar-refractivity contribution in [1.29, 1.82) is 0 Å². The van der Waals surface area contributed by atoms with E-state index in [1.54, 1.807) is 12.1 Å². The second-order valence-corrected chi connectivity index (χ2v) is 6.68. The van der Waals surface area contributed by atoms with Gasteiger partial charge in [-0.25, -0.2) is 0 Å². The molecule has 2 N–H and O–H groups in total. The molecule has 2 heterocycles. The second-order valence-electron chi connectivity index (χ2n) is 5.87. The van der Waals surface area contributed by atoms with Crippen molar-refractivity contribution in [3.63, 3.8) is 0 Å². The molecule has 3 aromatic rings. The SMILES string of the molecule is COc1ccc(C2CC(=O)Nc3c(-c4ccccc4)nsc32)cc1O. The molecular formula is C19H16N2O3S. The van der Waals surface area contributed by atoms with Gasteiger partial charge in [0.2, 0.25) is 5.91 Å². The number of rotatable bonds is 3. The molecule has 1 aliphatic rings. The third kappa shape index (κ3) is 2.74. The molecule has 0 saturated heterocycles. The molecule has 0 radical (unpaired) electrons. The summed E-state index contributed by atoms with van der Waals surface area (Å²) in [7, 11) is 1.51. The van der Waals surface area contributed by atoms with Gasteiger partial charge in [0.05, 0.1) is 17.7 Å². The Kier molecular flexibility index (Phi) is 3.89. The number of hydrogen-bond donors (Lipinski definition) is 2. The highest BCUT2D eigenvalue weighted by molar-refractivity contribution is 7.07. The standard InChI is InChI=1S/C19H16N2O3S/c1-24-15-8-7-12(9-14(15)22)13-10-16(23)20-18-17(21-25-19(13)18)11-5-3-2-4-6-11/h2-9,13,22H,10H2,1H3,(H,20,23). The van der Waals surface area contributed by atoms with Gasteiger partial charge < -0.3 is 15.2 Å². The lowest BCUT2D eigenvalue weighted by atomic mass is 9.89. The number of fused-ring (bicyclic) bond motifs is 1. The lowest BCUT2D eigenvalue weighted by Gasteiger charge is -2.23. The number of carbonyl (C=O) groups is 1. The summed E-state index contributed by atoms with van der Waals surface area (Å²) >= 11 is 1.39. The summed E-state index contributed by atoms with van der Waals surface area (Å²) in [5.41, 5.74) is 3.40. The van der Waals surface area contributed by atoms with Crippen LogP contribution in [0.4, 0.5) is 5.69 Å². The second kappa shape index (κ2) is 6.22. The number of methoxy groups -OCH3 is 1. The van der Waals surface area contributed by atoms with E-state index >= 15 is 0 Å². The largest absolute Gasteiger partial charge is 0.504 e. The van der Waals surface area contributed by atoms with Crippen LogP contribution in [0.3, 0.4) is 0 Å². The fourth-order valence-electron chi connectivity index (χ4n) is 3.12. The van der Waals surface area contributed by atoms with Crippen molar-refractivity contribution >= 4 is 23.1 Å². The number of phenols is 1. The van der Waals surface area contributed by atoms with Crippen molar-refractivity contribution < 1.29 is 14.6 Å². The van der Waals surface area contributed by atoms with Crippen molar-refractivity contribution in [2.45, 2.75) is 12.3 Å². The summed E-state index contributed by atoms with van der Waals surface area (Å²) in [6.45, 7) is 0. The molecule has 0 aliphatic carbocycles. The maximum atomic E-state index is 12.3. The number of phenolic OH excluding ortho intramolecular Hbond substituents is 1. The molecule has 0 saturated carbocycles. The zero-order valence-corrected chi connectivity index (χ0v) is 14.3. The highest BCUT2D eigenvalue weighted by Gasteiger charge is 2.31. The molecule has 0 fully saturated rings. The van der Waals surface area contributed by atoms with Crippen LogP contribution < -0.4 is 10.1 Å². The van der Waals surface area contributed by atoms with E-state index in [0.29, 0.717) is 12.2 Å². The Balaban J connectivity index is 1.80. The van der Waals surface area contributed by atoms with Crippen LogP contribution in [0.25, 0.3) is 11.3 Å². The minimum Gasteiger partial charge on any atom is -0.504 e. The first-order chi connectivity index (χ1) is 12.2. The van der Waals surface area contributed by atoms with Crippen LogP contribution in [0.1, 0.15) is 22.8 Å². The molecule has 25 heavy (non-hydrogen) atoms. The number of nitrogens with zero attached hydrogens (tertiary/aromatic N) is 1. The number of hydrogen-bond acceptors (Lipinski definition) is 5. The van der Waals surface area contributed by atoms with Crippen LogP contribution in [-0.4, -0.2) is 22.5 Å². The zero-order chi connectivity index (χ0) is 17.4. The molecule has 6 heteroatoms. The summed E-state index contributed by atoms with van der Waals surface area (Å²) in [5.74, 6) is 0.305. The van der Waals surface area contributed by atoms with E-state index in [9.17, 15) is 9.90 Å². The fourth-order valence-corrected chi connectivity index (χ4v) is 4.09. The molecule has 0 spiro atoms. The Hall–Kier alpha value is -2.86. The van der Waals surface area contributed by atoms with Gasteiger partial charge in [-0.05, 0) is 29.2 Å². The number of carbonyl (C=O) groups excluding carboxylic acids is 1. The van der Waals surface area contributed by atoms with Crippen molar-refractivity contribution in [3.8, 4) is 22.8 Å². The zero-order valence-electron chi connectivity index (χ0n) is 13.5.